The molecule has 1 aliphatic heterocycles. The first-order chi connectivity index (χ1) is 9.85. The summed E-state index contributed by atoms with van der Waals surface area (Å²) in [7, 11) is 1.92. The first-order valence-corrected chi connectivity index (χ1v) is 8.02. The highest BCUT2D eigenvalue weighted by atomic mass is 32.1. The van der Waals surface area contributed by atoms with Crippen molar-refractivity contribution in [1.82, 2.24) is 14.9 Å². The second-order valence-corrected chi connectivity index (χ2v) is 6.00. The summed E-state index contributed by atoms with van der Waals surface area (Å²) in [5.41, 5.74) is 4.51. The van der Waals surface area contributed by atoms with Gasteiger partial charge in [-0.15, -0.1) is 11.3 Å². The van der Waals surface area contributed by atoms with Crippen LogP contribution in [0.25, 0.3) is 0 Å². The number of anilines is 1. The second kappa shape index (κ2) is 6.33. The number of thiazole rings is 1. The predicted molar refractivity (Wildman–Crippen MR) is 83.1 cm³/mol. The van der Waals surface area contributed by atoms with Crippen LogP contribution >= 0.6 is 11.3 Å². The minimum atomic E-state index is 0.609. The van der Waals surface area contributed by atoms with Crippen molar-refractivity contribution in [2.24, 2.45) is 0 Å². The van der Waals surface area contributed by atoms with Crippen LogP contribution in [0.15, 0.2) is 29.2 Å². The Labute approximate surface area is 123 Å². The molecule has 1 saturated heterocycles. The van der Waals surface area contributed by atoms with Gasteiger partial charge in [-0.3, -0.25) is 4.90 Å². The lowest BCUT2D eigenvalue weighted by Gasteiger charge is -2.32. The van der Waals surface area contributed by atoms with Crippen molar-refractivity contribution < 1.29 is 0 Å². The third-order valence-electron chi connectivity index (χ3n) is 3.89. The maximum atomic E-state index is 4.39. The zero-order valence-electron chi connectivity index (χ0n) is 11.7. The van der Waals surface area contributed by atoms with E-state index in [2.05, 4.69) is 37.7 Å². The molecule has 0 bridgehead atoms. The Kier molecular flexibility index (Phi) is 4.28. The molecule has 0 amide bonds. The summed E-state index contributed by atoms with van der Waals surface area (Å²) in [6.07, 6.45) is 4.42. The van der Waals surface area contributed by atoms with Crippen molar-refractivity contribution in [2.45, 2.75) is 25.3 Å². The standard InChI is InChI=1S/C15H20N4S/c1-16-15-7-12(4-5-17-15)13-3-2-6-19(8-13)9-14-10-20-11-18-14/h4-5,7,10-11,13H,2-3,6,8-9H2,1H3,(H,16,17)/t13-/m1/s1. The first kappa shape index (κ1) is 13.5. The molecule has 0 unspecified atom stereocenters. The van der Waals surface area contributed by atoms with Gasteiger partial charge in [-0.05, 0) is 43.0 Å². The van der Waals surface area contributed by atoms with Crippen LogP contribution < -0.4 is 5.32 Å². The summed E-state index contributed by atoms with van der Waals surface area (Å²) in [6, 6.07) is 4.33. The number of piperidine rings is 1. The smallest absolute Gasteiger partial charge is 0.125 e. The van der Waals surface area contributed by atoms with Crippen molar-refractivity contribution in [2.75, 3.05) is 25.5 Å². The zero-order valence-corrected chi connectivity index (χ0v) is 12.6. The lowest BCUT2D eigenvalue weighted by atomic mass is 9.91. The lowest BCUT2D eigenvalue weighted by Crippen LogP contribution is -2.34. The summed E-state index contributed by atoms with van der Waals surface area (Å²) < 4.78 is 0. The Balaban J connectivity index is 1.68. The van der Waals surface area contributed by atoms with Gasteiger partial charge < -0.3 is 5.32 Å². The van der Waals surface area contributed by atoms with Crippen molar-refractivity contribution >= 4 is 17.2 Å². The topological polar surface area (TPSA) is 41.0 Å². The van der Waals surface area contributed by atoms with Crippen LogP contribution in [0, 0.1) is 0 Å². The summed E-state index contributed by atoms with van der Waals surface area (Å²) in [4.78, 5) is 11.2. The Morgan fingerprint density at radius 3 is 3.20 bits per heavy atom. The fourth-order valence-electron chi connectivity index (χ4n) is 2.85. The van der Waals surface area contributed by atoms with Crippen molar-refractivity contribution in [3.8, 4) is 0 Å². The van der Waals surface area contributed by atoms with E-state index in [-0.39, 0.29) is 0 Å². The molecule has 5 heteroatoms. The highest BCUT2D eigenvalue weighted by Gasteiger charge is 2.22. The quantitative estimate of drug-likeness (QED) is 0.939. The van der Waals surface area contributed by atoms with E-state index in [1.54, 1.807) is 11.3 Å². The molecule has 2 aromatic rings. The van der Waals surface area contributed by atoms with Gasteiger partial charge in [0.2, 0.25) is 0 Å². The second-order valence-electron chi connectivity index (χ2n) is 5.28. The van der Waals surface area contributed by atoms with E-state index >= 15 is 0 Å². The minimum absolute atomic E-state index is 0.609. The van der Waals surface area contributed by atoms with E-state index in [9.17, 15) is 0 Å². The number of likely N-dealkylation sites (tertiary alicyclic amines) is 1. The molecule has 4 nitrogen and oxygen atoms in total. The Hall–Kier alpha value is -1.46. The molecule has 106 valence electrons. The summed E-state index contributed by atoms with van der Waals surface area (Å²) >= 11 is 1.68. The largest absolute Gasteiger partial charge is 0.373 e. The van der Waals surface area contributed by atoms with E-state index < -0.39 is 0 Å². The number of rotatable bonds is 4. The minimum Gasteiger partial charge on any atom is -0.373 e. The van der Waals surface area contributed by atoms with Gasteiger partial charge in [0.05, 0.1) is 11.2 Å². The molecule has 2 aromatic heterocycles. The average Bonchev–Trinajstić information content (AvgIpc) is 3.00. The number of hydrogen-bond acceptors (Lipinski definition) is 5. The Morgan fingerprint density at radius 1 is 1.45 bits per heavy atom. The third kappa shape index (κ3) is 3.16. The van der Waals surface area contributed by atoms with Gasteiger partial charge in [-0.1, -0.05) is 0 Å². The van der Waals surface area contributed by atoms with E-state index in [4.69, 9.17) is 0 Å². The highest BCUT2D eigenvalue weighted by Crippen LogP contribution is 2.28. The maximum Gasteiger partial charge on any atom is 0.125 e. The first-order valence-electron chi connectivity index (χ1n) is 7.08. The van der Waals surface area contributed by atoms with Gasteiger partial charge in [-0.2, -0.15) is 0 Å². The number of aromatic nitrogens is 2. The molecule has 0 radical (unpaired) electrons. The fourth-order valence-corrected chi connectivity index (χ4v) is 3.40. The monoisotopic (exact) mass is 288 g/mol. The molecule has 1 N–H and O–H groups in total. The van der Waals surface area contributed by atoms with Gasteiger partial charge in [0.1, 0.15) is 5.82 Å². The molecule has 0 saturated carbocycles. The Morgan fingerprint density at radius 2 is 2.40 bits per heavy atom. The van der Waals surface area contributed by atoms with Crippen LogP contribution in [-0.4, -0.2) is 35.0 Å². The van der Waals surface area contributed by atoms with Gasteiger partial charge in [0, 0.05) is 31.7 Å². The summed E-state index contributed by atoms with van der Waals surface area (Å²) in [5, 5.41) is 5.27. The van der Waals surface area contributed by atoms with Gasteiger partial charge in [-0.25, -0.2) is 9.97 Å². The van der Waals surface area contributed by atoms with Crippen LogP contribution in [0.1, 0.15) is 30.0 Å². The molecular weight excluding hydrogens is 268 g/mol. The summed E-state index contributed by atoms with van der Waals surface area (Å²) in [6.45, 7) is 3.27. The van der Waals surface area contributed by atoms with Crippen molar-refractivity contribution in [3.63, 3.8) is 0 Å². The zero-order chi connectivity index (χ0) is 13.8. The van der Waals surface area contributed by atoms with Crippen molar-refractivity contribution in [3.05, 3.63) is 40.5 Å². The molecule has 3 rings (SSSR count). The van der Waals surface area contributed by atoms with Gasteiger partial charge in [0.15, 0.2) is 0 Å². The summed E-state index contributed by atoms with van der Waals surface area (Å²) in [5.74, 6) is 1.57. The number of nitrogens with zero attached hydrogens (tertiary/aromatic N) is 3. The molecule has 1 aliphatic rings. The maximum absolute atomic E-state index is 4.39. The molecular formula is C15H20N4S. The third-order valence-corrected chi connectivity index (χ3v) is 4.52. The van der Waals surface area contributed by atoms with Gasteiger partial charge in [0.25, 0.3) is 0 Å². The van der Waals surface area contributed by atoms with Crippen LogP contribution in [0.4, 0.5) is 5.82 Å². The SMILES string of the molecule is CNc1cc([C@@H]2CCCN(Cc3cscn3)C2)ccn1. The van der Waals surface area contributed by atoms with Crippen molar-refractivity contribution in [1.29, 1.82) is 0 Å². The Bertz CT molecular complexity index is 541. The fraction of sp³-hybridized carbons (Fsp3) is 0.467. The number of pyridine rings is 1. The van der Waals surface area contributed by atoms with E-state index in [1.807, 2.05) is 18.8 Å². The molecule has 3 heterocycles. The normalized spacial score (nSPS) is 19.9. The number of hydrogen-bond donors (Lipinski definition) is 1. The van der Waals surface area contributed by atoms with Gasteiger partial charge >= 0.3 is 0 Å². The van der Waals surface area contributed by atoms with E-state index in [0.29, 0.717) is 5.92 Å². The molecule has 1 atom stereocenters. The molecule has 0 spiro atoms. The van der Waals surface area contributed by atoms with Crippen LogP contribution in [-0.2, 0) is 6.54 Å². The number of nitrogens with one attached hydrogen (secondary N) is 1. The van der Waals surface area contributed by atoms with Crippen LogP contribution in [0.3, 0.4) is 0 Å². The molecule has 0 aliphatic carbocycles. The lowest BCUT2D eigenvalue weighted by molar-refractivity contribution is 0.198. The molecule has 0 aromatic carbocycles. The van der Waals surface area contributed by atoms with Crippen LogP contribution in [0.2, 0.25) is 0 Å². The molecule has 1 fully saturated rings. The van der Waals surface area contributed by atoms with E-state index in [0.717, 1.165) is 18.9 Å². The van der Waals surface area contributed by atoms with E-state index in [1.165, 1.54) is 30.6 Å². The predicted octanol–water partition coefficient (Wildman–Crippen LogP) is 2.96. The average molecular weight is 288 g/mol. The highest BCUT2D eigenvalue weighted by molar-refractivity contribution is 7.07. The molecule has 20 heavy (non-hydrogen) atoms. The van der Waals surface area contributed by atoms with Crippen LogP contribution in [0.5, 0.6) is 0 Å².